The Morgan fingerprint density at radius 3 is 2.44 bits per heavy atom. The third-order valence-electron chi connectivity index (χ3n) is 6.40. The first-order valence-electron chi connectivity index (χ1n) is 11.5. The second-order valence-corrected chi connectivity index (χ2v) is 9.02. The van der Waals surface area contributed by atoms with E-state index in [0.29, 0.717) is 43.3 Å². The van der Waals surface area contributed by atoms with Gasteiger partial charge in [-0.15, -0.1) is 0 Å². The molecule has 0 saturated carbocycles. The van der Waals surface area contributed by atoms with Crippen LogP contribution in [0.25, 0.3) is 22.1 Å². The molecule has 1 aliphatic rings. The molecule has 1 saturated heterocycles. The van der Waals surface area contributed by atoms with E-state index < -0.39 is 0 Å². The highest BCUT2D eigenvalue weighted by Crippen LogP contribution is 2.25. The smallest absolute Gasteiger partial charge is 0.254 e. The number of amides is 2. The highest BCUT2D eigenvalue weighted by molar-refractivity contribution is 6.30. The number of halogens is 1. The van der Waals surface area contributed by atoms with E-state index in [2.05, 4.69) is 5.32 Å². The van der Waals surface area contributed by atoms with E-state index >= 15 is 0 Å². The summed E-state index contributed by atoms with van der Waals surface area (Å²) < 4.78 is 5.87. The molecule has 1 aromatic heterocycles. The number of nitrogens with one attached hydrogen (secondary N) is 1. The van der Waals surface area contributed by atoms with Crippen molar-refractivity contribution in [1.82, 2.24) is 10.2 Å². The van der Waals surface area contributed by atoms with Crippen LogP contribution in [0.15, 0.2) is 83.3 Å². The second kappa shape index (κ2) is 9.74. The summed E-state index contributed by atoms with van der Waals surface area (Å²) in [5, 5.41) is 5.68. The molecule has 0 radical (unpaired) electrons. The fourth-order valence-corrected chi connectivity index (χ4v) is 4.61. The summed E-state index contributed by atoms with van der Waals surface area (Å²) in [6.45, 7) is 1.48. The fourth-order valence-electron chi connectivity index (χ4n) is 4.49. The summed E-state index contributed by atoms with van der Waals surface area (Å²) in [4.78, 5) is 27.7. The Morgan fingerprint density at radius 2 is 1.65 bits per heavy atom. The number of carbonyl (C=O) groups excluding carboxylic acids is 2. The zero-order valence-corrected chi connectivity index (χ0v) is 19.4. The number of likely N-dealkylation sites (tertiary alicyclic amines) is 1. The number of hydrogen-bond acceptors (Lipinski definition) is 3. The SMILES string of the molecule is O=C(NCc1ccc(-c2ccc(Cl)cc2)o1)C1CCN(C(=O)c2cccc3ccccc23)CC1. The molecule has 2 amide bonds. The lowest BCUT2D eigenvalue weighted by Crippen LogP contribution is -2.43. The summed E-state index contributed by atoms with van der Waals surface area (Å²) in [6, 6.07) is 24.9. The van der Waals surface area contributed by atoms with E-state index in [0.717, 1.165) is 27.7 Å². The molecule has 0 spiro atoms. The Morgan fingerprint density at radius 1 is 0.912 bits per heavy atom. The number of furan rings is 1. The summed E-state index contributed by atoms with van der Waals surface area (Å²) in [6.07, 6.45) is 1.30. The number of rotatable bonds is 5. The van der Waals surface area contributed by atoms with E-state index in [1.165, 1.54) is 0 Å². The van der Waals surface area contributed by atoms with Crippen LogP contribution in [-0.4, -0.2) is 29.8 Å². The molecule has 4 aromatic rings. The molecule has 6 heteroatoms. The molecule has 5 rings (SSSR count). The predicted octanol–water partition coefficient (Wildman–Crippen LogP) is 5.92. The van der Waals surface area contributed by atoms with Crippen LogP contribution in [0.2, 0.25) is 5.02 Å². The number of hydrogen-bond donors (Lipinski definition) is 1. The first-order valence-corrected chi connectivity index (χ1v) is 11.9. The molecule has 1 N–H and O–H groups in total. The Labute approximate surface area is 203 Å². The Hall–Kier alpha value is -3.57. The van der Waals surface area contributed by atoms with Crippen molar-refractivity contribution in [3.63, 3.8) is 0 Å². The quantitative estimate of drug-likeness (QED) is 0.392. The molecule has 34 heavy (non-hydrogen) atoms. The van der Waals surface area contributed by atoms with Gasteiger partial charge in [0, 0.05) is 35.2 Å². The van der Waals surface area contributed by atoms with Gasteiger partial charge in [-0.2, -0.15) is 0 Å². The second-order valence-electron chi connectivity index (χ2n) is 8.58. The molecule has 0 bridgehead atoms. The van der Waals surface area contributed by atoms with Gasteiger partial charge in [-0.25, -0.2) is 0 Å². The number of benzene rings is 3. The summed E-state index contributed by atoms with van der Waals surface area (Å²) >= 11 is 5.94. The average Bonchev–Trinajstić information content (AvgIpc) is 3.36. The maximum atomic E-state index is 13.1. The summed E-state index contributed by atoms with van der Waals surface area (Å²) in [5.74, 6) is 1.35. The topological polar surface area (TPSA) is 62.6 Å². The van der Waals surface area contributed by atoms with Crippen molar-refractivity contribution in [2.75, 3.05) is 13.1 Å². The van der Waals surface area contributed by atoms with Crippen molar-refractivity contribution < 1.29 is 14.0 Å². The zero-order valence-electron chi connectivity index (χ0n) is 18.7. The van der Waals surface area contributed by atoms with Gasteiger partial charge < -0.3 is 14.6 Å². The lowest BCUT2D eigenvalue weighted by atomic mass is 9.95. The van der Waals surface area contributed by atoms with Crippen molar-refractivity contribution in [3.8, 4) is 11.3 Å². The number of nitrogens with zero attached hydrogens (tertiary/aromatic N) is 1. The average molecular weight is 473 g/mol. The van der Waals surface area contributed by atoms with Gasteiger partial charge in [0.2, 0.25) is 5.91 Å². The van der Waals surface area contributed by atoms with Crippen molar-refractivity contribution in [2.24, 2.45) is 5.92 Å². The van der Waals surface area contributed by atoms with Crippen LogP contribution in [0, 0.1) is 5.92 Å². The molecular weight excluding hydrogens is 448 g/mol. The van der Waals surface area contributed by atoms with Gasteiger partial charge in [0.15, 0.2) is 0 Å². The van der Waals surface area contributed by atoms with Gasteiger partial charge in [-0.3, -0.25) is 9.59 Å². The maximum absolute atomic E-state index is 13.1. The molecule has 3 aromatic carbocycles. The molecule has 1 aliphatic heterocycles. The van der Waals surface area contributed by atoms with Gasteiger partial charge in [0.1, 0.15) is 11.5 Å². The summed E-state index contributed by atoms with van der Waals surface area (Å²) in [7, 11) is 0. The van der Waals surface area contributed by atoms with Crippen LogP contribution in [0.1, 0.15) is 29.0 Å². The summed E-state index contributed by atoms with van der Waals surface area (Å²) in [5.41, 5.74) is 1.65. The van der Waals surface area contributed by atoms with Gasteiger partial charge in [-0.1, -0.05) is 48.0 Å². The van der Waals surface area contributed by atoms with Crippen molar-refractivity contribution >= 4 is 34.2 Å². The first kappa shape index (κ1) is 22.2. The van der Waals surface area contributed by atoms with Crippen LogP contribution in [0.4, 0.5) is 0 Å². The first-order chi connectivity index (χ1) is 16.6. The Kier molecular flexibility index (Phi) is 6.37. The molecule has 2 heterocycles. The third kappa shape index (κ3) is 4.70. The predicted molar refractivity (Wildman–Crippen MR) is 134 cm³/mol. The van der Waals surface area contributed by atoms with E-state index in [-0.39, 0.29) is 17.7 Å². The van der Waals surface area contributed by atoms with Gasteiger partial charge in [-0.05, 0) is 66.1 Å². The van der Waals surface area contributed by atoms with Crippen molar-refractivity contribution in [2.45, 2.75) is 19.4 Å². The molecule has 0 unspecified atom stereocenters. The monoisotopic (exact) mass is 472 g/mol. The van der Waals surface area contributed by atoms with Crippen LogP contribution >= 0.6 is 11.6 Å². The molecular formula is C28H25ClN2O3. The minimum absolute atomic E-state index is 0.00158. The lowest BCUT2D eigenvalue weighted by molar-refractivity contribution is -0.126. The number of fused-ring (bicyclic) bond motifs is 1. The van der Waals surface area contributed by atoms with Gasteiger partial charge in [0.25, 0.3) is 5.91 Å². The lowest BCUT2D eigenvalue weighted by Gasteiger charge is -2.31. The normalized spacial score (nSPS) is 14.3. The van der Waals surface area contributed by atoms with Crippen molar-refractivity contribution in [1.29, 1.82) is 0 Å². The zero-order chi connectivity index (χ0) is 23.5. The van der Waals surface area contributed by atoms with Gasteiger partial charge in [0.05, 0.1) is 6.54 Å². The minimum atomic E-state index is -0.109. The largest absolute Gasteiger partial charge is 0.459 e. The highest BCUT2D eigenvalue weighted by Gasteiger charge is 2.28. The Bertz CT molecular complexity index is 1320. The molecule has 0 aliphatic carbocycles. The third-order valence-corrected chi connectivity index (χ3v) is 6.65. The van der Waals surface area contributed by atoms with E-state index in [1.807, 2.05) is 83.8 Å². The molecule has 1 fully saturated rings. The fraction of sp³-hybridized carbons (Fsp3) is 0.214. The number of piperidine rings is 1. The molecule has 0 atom stereocenters. The van der Waals surface area contributed by atoms with Crippen LogP contribution in [0.3, 0.4) is 0 Å². The Balaban J connectivity index is 1.15. The van der Waals surface area contributed by atoms with Crippen LogP contribution < -0.4 is 5.32 Å². The van der Waals surface area contributed by atoms with E-state index in [9.17, 15) is 9.59 Å². The molecule has 172 valence electrons. The number of carbonyl (C=O) groups is 2. The highest BCUT2D eigenvalue weighted by atomic mass is 35.5. The van der Waals surface area contributed by atoms with Crippen molar-refractivity contribution in [3.05, 3.63) is 95.2 Å². The standard InChI is InChI=1S/C28H25ClN2O3/c29-22-10-8-20(9-11-22)26-13-12-23(34-26)18-30-27(32)21-14-16-31(17-15-21)28(33)25-7-3-5-19-4-1-2-6-24(19)25/h1-13,21H,14-18H2,(H,30,32). The van der Waals surface area contributed by atoms with Crippen LogP contribution in [0.5, 0.6) is 0 Å². The maximum Gasteiger partial charge on any atom is 0.254 e. The van der Waals surface area contributed by atoms with Crippen LogP contribution in [-0.2, 0) is 11.3 Å². The molecule has 5 nitrogen and oxygen atoms in total. The van der Waals surface area contributed by atoms with E-state index in [1.54, 1.807) is 0 Å². The minimum Gasteiger partial charge on any atom is -0.459 e. The van der Waals surface area contributed by atoms with Gasteiger partial charge >= 0.3 is 0 Å². The van der Waals surface area contributed by atoms with E-state index in [4.69, 9.17) is 16.0 Å².